The largest absolute Gasteiger partial charge is 0.444 e. The minimum atomic E-state index is -0.468. The van der Waals surface area contributed by atoms with Gasteiger partial charge in [0.2, 0.25) is 0 Å². The molecule has 0 aromatic carbocycles. The quantitative estimate of drug-likeness (QED) is 0.865. The van der Waals surface area contributed by atoms with Crippen LogP contribution in [0.1, 0.15) is 44.1 Å². The summed E-state index contributed by atoms with van der Waals surface area (Å²) >= 11 is 1.70. The third kappa shape index (κ3) is 3.52. The van der Waals surface area contributed by atoms with Gasteiger partial charge in [-0.2, -0.15) is 0 Å². The molecule has 0 saturated carbocycles. The molecule has 20 heavy (non-hydrogen) atoms. The van der Waals surface area contributed by atoms with Crippen LogP contribution in [0.2, 0.25) is 0 Å². The van der Waals surface area contributed by atoms with E-state index in [0.717, 1.165) is 24.9 Å². The zero-order valence-electron chi connectivity index (χ0n) is 12.7. The first kappa shape index (κ1) is 15.3. The minimum Gasteiger partial charge on any atom is -0.444 e. The molecule has 1 aliphatic heterocycles. The van der Waals surface area contributed by atoms with E-state index in [2.05, 4.69) is 18.4 Å². The van der Waals surface area contributed by atoms with Crippen LogP contribution in [0.3, 0.4) is 0 Å². The number of amides is 1. The van der Waals surface area contributed by atoms with Crippen molar-refractivity contribution >= 4 is 17.4 Å². The van der Waals surface area contributed by atoms with Crippen LogP contribution in [0.5, 0.6) is 0 Å². The Balaban J connectivity index is 2.10. The predicted molar refractivity (Wildman–Crippen MR) is 82.0 cm³/mol. The highest BCUT2D eigenvalue weighted by Gasteiger charge is 2.37. The molecule has 2 heterocycles. The third-order valence-corrected chi connectivity index (χ3v) is 4.34. The number of likely N-dealkylation sites (tertiary alicyclic amines) is 1. The Morgan fingerprint density at radius 3 is 2.75 bits per heavy atom. The number of carbonyl (C=O) groups excluding carboxylic acids is 1. The van der Waals surface area contributed by atoms with Gasteiger partial charge in [-0.3, -0.25) is 0 Å². The molecule has 2 rings (SSSR count). The molecule has 1 fully saturated rings. The highest BCUT2D eigenvalue weighted by atomic mass is 32.1. The molecule has 0 radical (unpaired) electrons. The lowest BCUT2D eigenvalue weighted by molar-refractivity contribution is 0.0137. The lowest BCUT2D eigenvalue weighted by Gasteiger charge is -2.40. The second-order valence-corrected chi connectivity index (χ2v) is 7.72. The van der Waals surface area contributed by atoms with Crippen LogP contribution < -0.4 is 5.73 Å². The molecule has 4 nitrogen and oxygen atoms in total. The molecule has 1 atom stereocenters. The zero-order chi connectivity index (χ0) is 15.0. The van der Waals surface area contributed by atoms with Crippen LogP contribution in [0.15, 0.2) is 11.4 Å². The van der Waals surface area contributed by atoms with Crippen molar-refractivity contribution in [1.82, 2.24) is 4.90 Å². The fraction of sp³-hybridized carbons (Fsp3) is 0.667. The highest BCUT2D eigenvalue weighted by molar-refractivity contribution is 7.10. The summed E-state index contributed by atoms with van der Waals surface area (Å²) in [5.74, 6) is 0. The molecular formula is C15H24N2O2S. The molecule has 1 saturated heterocycles. The monoisotopic (exact) mass is 296 g/mol. The van der Waals surface area contributed by atoms with Crippen LogP contribution in [0, 0.1) is 6.92 Å². The van der Waals surface area contributed by atoms with Gasteiger partial charge in [0.05, 0.1) is 5.54 Å². The van der Waals surface area contributed by atoms with Gasteiger partial charge in [0, 0.05) is 18.0 Å². The maximum atomic E-state index is 12.2. The molecule has 1 unspecified atom stereocenters. The van der Waals surface area contributed by atoms with Crippen molar-refractivity contribution in [1.29, 1.82) is 0 Å². The van der Waals surface area contributed by atoms with Crippen molar-refractivity contribution in [2.24, 2.45) is 5.73 Å². The van der Waals surface area contributed by atoms with Gasteiger partial charge in [0.25, 0.3) is 0 Å². The van der Waals surface area contributed by atoms with E-state index in [0.29, 0.717) is 6.54 Å². The summed E-state index contributed by atoms with van der Waals surface area (Å²) in [5.41, 5.74) is 6.76. The average molecular weight is 296 g/mol. The highest BCUT2D eigenvalue weighted by Crippen LogP contribution is 2.32. The maximum absolute atomic E-state index is 12.2. The number of rotatable bonds is 1. The van der Waals surface area contributed by atoms with Crippen molar-refractivity contribution in [3.8, 4) is 0 Å². The zero-order valence-corrected chi connectivity index (χ0v) is 13.5. The van der Waals surface area contributed by atoms with Gasteiger partial charge in [-0.25, -0.2) is 4.79 Å². The first-order valence-corrected chi connectivity index (χ1v) is 7.90. The number of hydrogen-bond acceptors (Lipinski definition) is 4. The van der Waals surface area contributed by atoms with Crippen molar-refractivity contribution in [3.63, 3.8) is 0 Å². The Bertz CT molecular complexity index is 492. The summed E-state index contributed by atoms with van der Waals surface area (Å²) in [7, 11) is 0. The van der Waals surface area contributed by atoms with E-state index in [1.54, 1.807) is 16.2 Å². The van der Waals surface area contributed by atoms with Gasteiger partial charge >= 0.3 is 6.09 Å². The number of aryl methyl sites for hydroxylation is 1. The molecule has 0 aliphatic carbocycles. The Morgan fingerprint density at radius 1 is 1.50 bits per heavy atom. The summed E-state index contributed by atoms with van der Waals surface area (Å²) in [6.45, 7) is 8.97. The molecule has 1 amide bonds. The van der Waals surface area contributed by atoms with E-state index < -0.39 is 11.1 Å². The SMILES string of the molecule is Cc1cc(C2(N)CCCN(C(=O)OC(C)(C)C)C2)cs1. The van der Waals surface area contributed by atoms with E-state index in [1.807, 2.05) is 20.8 Å². The lowest BCUT2D eigenvalue weighted by atomic mass is 9.85. The molecule has 1 aromatic rings. The first-order valence-electron chi connectivity index (χ1n) is 7.02. The van der Waals surface area contributed by atoms with Gasteiger partial charge in [-0.15, -0.1) is 11.3 Å². The smallest absolute Gasteiger partial charge is 0.410 e. The number of nitrogens with two attached hydrogens (primary N) is 1. The van der Waals surface area contributed by atoms with Gasteiger partial charge < -0.3 is 15.4 Å². The fourth-order valence-electron chi connectivity index (χ4n) is 2.51. The third-order valence-electron chi connectivity index (χ3n) is 3.48. The molecule has 112 valence electrons. The van der Waals surface area contributed by atoms with Crippen molar-refractivity contribution in [2.45, 2.75) is 51.7 Å². The van der Waals surface area contributed by atoms with E-state index in [9.17, 15) is 4.79 Å². The van der Waals surface area contributed by atoms with Crippen molar-refractivity contribution < 1.29 is 9.53 Å². The van der Waals surface area contributed by atoms with Gasteiger partial charge in [-0.05, 0) is 57.5 Å². The number of thiophene rings is 1. The molecule has 1 aliphatic rings. The molecular weight excluding hydrogens is 272 g/mol. The second-order valence-electron chi connectivity index (χ2n) is 6.61. The maximum Gasteiger partial charge on any atom is 0.410 e. The van der Waals surface area contributed by atoms with Gasteiger partial charge in [-0.1, -0.05) is 0 Å². The number of ether oxygens (including phenoxy) is 1. The normalized spacial score (nSPS) is 23.8. The Labute approximate surface area is 124 Å². The summed E-state index contributed by atoms with van der Waals surface area (Å²) in [5, 5.41) is 2.11. The number of carbonyl (C=O) groups is 1. The number of piperidine rings is 1. The topological polar surface area (TPSA) is 55.6 Å². The minimum absolute atomic E-state index is 0.265. The molecule has 5 heteroatoms. The van der Waals surface area contributed by atoms with Crippen molar-refractivity contribution in [2.75, 3.05) is 13.1 Å². The average Bonchev–Trinajstić information content (AvgIpc) is 2.74. The van der Waals surface area contributed by atoms with E-state index in [1.165, 1.54) is 4.88 Å². The van der Waals surface area contributed by atoms with Crippen LogP contribution >= 0.6 is 11.3 Å². The Kier molecular flexibility index (Phi) is 4.12. The Hall–Kier alpha value is -1.07. The van der Waals surface area contributed by atoms with E-state index in [-0.39, 0.29) is 6.09 Å². The summed E-state index contributed by atoms with van der Waals surface area (Å²) in [6, 6.07) is 2.13. The summed E-state index contributed by atoms with van der Waals surface area (Å²) in [4.78, 5) is 15.2. The molecule has 0 bridgehead atoms. The lowest BCUT2D eigenvalue weighted by Crippen LogP contribution is -2.54. The number of hydrogen-bond donors (Lipinski definition) is 1. The predicted octanol–water partition coefficient (Wildman–Crippen LogP) is 3.24. The number of nitrogens with zero attached hydrogens (tertiary/aromatic N) is 1. The van der Waals surface area contributed by atoms with E-state index in [4.69, 9.17) is 10.5 Å². The van der Waals surface area contributed by atoms with E-state index >= 15 is 0 Å². The van der Waals surface area contributed by atoms with Crippen LogP contribution in [0.4, 0.5) is 4.79 Å². The van der Waals surface area contributed by atoms with Crippen molar-refractivity contribution in [3.05, 3.63) is 21.9 Å². The van der Waals surface area contributed by atoms with Crippen LogP contribution in [-0.2, 0) is 10.3 Å². The fourth-order valence-corrected chi connectivity index (χ4v) is 3.32. The van der Waals surface area contributed by atoms with Crippen LogP contribution in [0.25, 0.3) is 0 Å². The first-order chi connectivity index (χ1) is 9.20. The molecule has 2 N–H and O–H groups in total. The van der Waals surface area contributed by atoms with Crippen LogP contribution in [-0.4, -0.2) is 29.7 Å². The second kappa shape index (κ2) is 5.37. The van der Waals surface area contributed by atoms with Gasteiger partial charge in [0.1, 0.15) is 5.60 Å². The Morgan fingerprint density at radius 2 is 2.20 bits per heavy atom. The molecule has 0 spiro atoms. The van der Waals surface area contributed by atoms with Gasteiger partial charge in [0.15, 0.2) is 0 Å². The molecule has 1 aromatic heterocycles. The summed E-state index contributed by atoms with van der Waals surface area (Å²) in [6.07, 6.45) is 1.55. The standard InChI is InChI=1S/C15H24N2O2S/c1-11-8-12(9-20-11)15(16)6-5-7-17(10-15)13(18)19-14(2,3)4/h8-9H,5-7,10,16H2,1-4H3. The summed E-state index contributed by atoms with van der Waals surface area (Å²) < 4.78 is 5.45.